The first-order valence-electron chi connectivity index (χ1n) is 4.71. The largest absolute Gasteiger partial charge is 0.465 e. The van der Waals surface area contributed by atoms with E-state index in [0.717, 1.165) is 0 Å². The van der Waals surface area contributed by atoms with E-state index in [1.165, 1.54) is 39.2 Å². The molecule has 0 fully saturated rings. The minimum atomic E-state index is -0.564. The Hall–Kier alpha value is -1.97. The van der Waals surface area contributed by atoms with Crippen LogP contribution in [0.4, 0.5) is 0 Å². The Bertz CT molecular complexity index is 428. The molecule has 4 heteroatoms. The predicted octanol–water partition coefficient (Wildman–Crippen LogP) is 1.88. The number of Topliss-reactive ketones (excluding diaryl/α,β-unsaturated/α-hetero) is 2. The van der Waals surface area contributed by atoms with Gasteiger partial charge in [-0.15, -0.1) is 0 Å². The second-order valence-electron chi connectivity index (χ2n) is 3.40. The third-order valence-corrected chi connectivity index (χ3v) is 2.17. The van der Waals surface area contributed by atoms with Gasteiger partial charge in [-0.3, -0.25) is 9.59 Å². The molecule has 0 saturated carbocycles. The first-order valence-corrected chi connectivity index (χ1v) is 4.71. The Morgan fingerprint density at radius 2 is 1.25 bits per heavy atom. The van der Waals surface area contributed by atoms with E-state index in [4.69, 9.17) is 0 Å². The molecule has 0 unspecified atom stereocenters. The van der Waals surface area contributed by atoms with Gasteiger partial charge in [-0.1, -0.05) is 0 Å². The number of carbonyl (C=O) groups excluding carboxylic acids is 3. The average Bonchev–Trinajstić information content (AvgIpc) is 2.27. The molecular weight excluding hydrogens is 208 g/mol. The van der Waals surface area contributed by atoms with Crippen LogP contribution in [0.3, 0.4) is 0 Å². The summed E-state index contributed by atoms with van der Waals surface area (Å²) in [7, 11) is 1.25. The zero-order valence-corrected chi connectivity index (χ0v) is 9.37. The SMILES string of the molecule is COC(=O)c1cc(C(C)=O)cc(C(C)=O)c1. The highest BCUT2D eigenvalue weighted by Gasteiger charge is 2.12. The van der Waals surface area contributed by atoms with Crippen molar-refractivity contribution >= 4 is 17.5 Å². The number of ketones is 2. The summed E-state index contributed by atoms with van der Waals surface area (Å²) in [6.45, 7) is 2.75. The van der Waals surface area contributed by atoms with E-state index in [2.05, 4.69) is 4.74 Å². The smallest absolute Gasteiger partial charge is 0.337 e. The summed E-state index contributed by atoms with van der Waals surface area (Å²) in [4.78, 5) is 33.8. The second-order valence-corrected chi connectivity index (χ2v) is 3.40. The Morgan fingerprint density at radius 3 is 1.56 bits per heavy atom. The maximum Gasteiger partial charge on any atom is 0.337 e. The van der Waals surface area contributed by atoms with Crippen LogP contribution in [-0.4, -0.2) is 24.6 Å². The third-order valence-electron chi connectivity index (χ3n) is 2.17. The van der Waals surface area contributed by atoms with Crippen LogP contribution in [0.15, 0.2) is 18.2 Å². The van der Waals surface area contributed by atoms with E-state index in [-0.39, 0.29) is 17.1 Å². The number of rotatable bonds is 3. The summed E-state index contributed by atoms with van der Waals surface area (Å²) < 4.78 is 4.54. The lowest BCUT2D eigenvalue weighted by Crippen LogP contribution is -2.06. The van der Waals surface area contributed by atoms with Crippen molar-refractivity contribution in [2.24, 2.45) is 0 Å². The molecule has 16 heavy (non-hydrogen) atoms. The molecule has 84 valence electrons. The molecule has 0 heterocycles. The highest BCUT2D eigenvalue weighted by Crippen LogP contribution is 2.13. The zero-order valence-electron chi connectivity index (χ0n) is 9.37. The van der Waals surface area contributed by atoms with Gasteiger partial charge in [0.15, 0.2) is 11.6 Å². The molecule has 0 N–H and O–H groups in total. The number of hydrogen-bond donors (Lipinski definition) is 0. The maximum atomic E-state index is 11.3. The monoisotopic (exact) mass is 220 g/mol. The molecule has 0 amide bonds. The van der Waals surface area contributed by atoms with Gasteiger partial charge in [-0.25, -0.2) is 4.79 Å². The van der Waals surface area contributed by atoms with Gasteiger partial charge in [0.25, 0.3) is 0 Å². The van der Waals surface area contributed by atoms with Gasteiger partial charge in [0, 0.05) is 11.1 Å². The number of carbonyl (C=O) groups is 3. The lowest BCUT2D eigenvalue weighted by molar-refractivity contribution is 0.0600. The summed E-state index contributed by atoms with van der Waals surface area (Å²) in [5.41, 5.74) is 0.863. The lowest BCUT2D eigenvalue weighted by Gasteiger charge is -2.04. The van der Waals surface area contributed by atoms with Gasteiger partial charge in [0.1, 0.15) is 0 Å². The van der Waals surface area contributed by atoms with Crippen molar-refractivity contribution in [2.75, 3.05) is 7.11 Å². The van der Waals surface area contributed by atoms with E-state index in [1.807, 2.05) is 0 Å². The summed E-state index contributed by atoms with van der Waals surface area (Å²) in [5.74, 6) is -0.966. The van der Waals surface area contributed by atoms with Crippen molar-refractivity contribution in [3.63, 3.8) is 0 Å². The molecule has 1 rings (SSSR count). The van der Waals surface area contributed by atoms with Crippen molar-refractivity contribution in [1.29, 1.82) is 0 Å². The normalized spacial score (nSPS) is 9.69. The van der Waals surface area contributed by atoms with Crippen molar-refractivity contribution < 1.29 is 19.1 Å². The molecule has 0 aliphatic rings. The van der Waals surface area contributed by atoms with Gasteiger partial charge >= 0.3 is 5.97 Å². The molecule has 4 nitrogen and oxygen atoms in total. The van der Waals surface area contributed by atoms with Crippen molar-refractivity contribution in [1.82, 2.24) is 0 Å². The minimum Gasteiger partial charge on any atom is -0.465 e. The average molecular weight is 220 g/mol. The first-order chi connectivity index (χ1) is 7.45. The van der Waals surface area contributed by atoms with Crippen LogP contribution in [0.25, 0.3) is 0 Å². The molecule has 1 aromatic rings. The van der Waals surface area contributed by atoms with Crippen molar-refractivity contribution in [3.05, 3.63) is 34.9 Å². The molecule has 0 saturated heterocycles. The summed E-state index contributed by atoms with van der Waals surface area (Å²) in [5, 5.41) is 0. The molecule has 0 radical (unpaired) electrons. The fraction of sp³-hybridized carbons (Fsp3) is 0.250. The van der Waals surface area contributed by atoms with Gasteiger partial charge < -0.3 is 4.74 Å². The van der Waals surface area contributed by atoms with Crippen LogP contribution in [-0.2, 0) is 4.74 Å². The van der Waals surface area contributed by atoms with E-state index in [0.29, 0.717) is 11.1 Å². The second kappa shape index (κ2) is 4.70. The predicted molar refractivity (Wildman–Crippen MR) is 57.8 cm³/mol. The number of benzene rings is 1. The van der Waals surface area contributed by atoms with Crippen LogP contribution >= 0.6 is 0 Å². The Labute approximate surface area is 93.2 Å². The molecule has 0 aliphatic heterocycles. The number of methoxy groups -OCH3 is 1. The van der Waals surface area contributed by atoms with Crippen LogP contribution in [0.5, 0.6) is 0 Å². The quantitative estimate of drug-likeness (QED) is 0.576. The van der Waals surface area contributed by atoms with Crippen LogP contribution in [0, 0.1) is 0 Å². The number of hydrogen-bond acceptors (Lipinski definition) is 4. The standard InChI is InChI=1S/C12H12O4/c1-7(13)9-4-10(8(2)14)6-11(5-9)12(15)16-3/h4-6H,1-3H3. The van der Waals surface area contributed by atoms with E-state index in [9.17, 15) is 14.4 Å². The molecule has 0 bridgehead atoms. The van der Waals surface area contributed by atoms with Gasteiger partial charge in [0.2, 0.25) is 0 Å². The van der Waals surface area contributed by atoms with Crippen LogP contribution in [0.2, 0.25) is 0 Å². The molecule has 0 aliphatic carbocycles. The zero-order chi connectivity index (χ0) is 12.3. The fourth-order valence-corrected chi connectivity index (χ4v) is 1.27. The molecular formula is C12H12O4. The highest BCUT2D eigenvalue weighted by molar-refractivity contribution is 6.03. The molecule has 0 spiro atoms. The fourth-order valence-electron chi connectivity index (χ4n) is 1.27. The van der Waals surface area contributed by atoms with Gasteiger partial charge in [-0.05, 0) is 32.0 Å². The van der Waals surface area contributed by atoms with Crippen molar-refractivity contribution in [2.45, 2.75) is 13.8 Å². The minimum absolute atomic E-state index is 0.201. The van der Waals surface area contributed by atoms with E-state index < -0.39 is 5.97 Å². The third kappa shape index (κ3) is 2.53. The Kier molecular flexibility index (Phi) is 3.55. The summed E-state index contributed by atoms with van der Waals surface area (Å²) >= 11 is 0. The topological polar surface area (TPSA) is 60.4 Å². The molecule has 0 aromatic heterocycles. The molecule has 0 atom stereocenters. The first kappa shape index (κ1) is 12.1. The maximum absolute atomic E-state index is 11.3. The van der Waals surface area contributed by atoms with Gasteiger partial charge in [0.05, 0.1) is 12.7 Å². The molecule has 1 aromatic carbocycles. The number of esters is 1. The van der Waals surface area contributed by atoms with Gasteiger partial charge in [-0.2, -0.15) is 0 Å². The Morgan fingerprint density at radius 1 is 0.875 bits per heavy atom. The van der Waals surface area contributed by atoms with E-state index in [1.54, 1.807) is 0 Å². The highest BCUT2D eigenvalue weighted by atomic mass is 16.5. The summed E-state index contributed by atoms with van der Waals surface area (Å²) in [6.07, 6.45) is 0. The van der Waals surface area contributed by atoms with E-state index >= 15 is 0 Å². The van der Waals surface area contributed by atoms with Crippen molar-refractivity contribution in [3.8, 4) is 0 Å². The van der Waals surface area contributed by atoms with Crippen LogP contribution in [0.1, 0.15) is 44.9 Å². The lowest BCUT2D eigenvalue weighted by atomic mass is 10.0. The Balaban J connectivity index is 3.35. The van der Waals surface area contributed by atoms with Crippen LogP contribution < -0.4 is 0 Å². The number of ether oxygens (including phenoxy) is 1. The summed E-state index contributed by atoms with van der Waals surface area (Å²) in [6, 6.07) is 4.30.